The van der Waals surface area contributed by atoms with Crippen molar-refractivity contribution in [3.8, 4) is 0 Å². The molecular formula is C7H11N5. The van der Waals surface area contributed by atoms with Crippen molar-refractivity contribution < 1.29 is 0 Å². The highest BCUT2D eigenvalue weighted by molar-refractivity contribution is 5.80. The molecule has 0 fully saturated rings. The Labute approximate surface area is 69.6 Å². The number of hydrogen-bond acceptors (Lipinski definition) is 3. The second-order valence-electron chi connectivity index (χ2n) is 2.87. The SMILES string of the molecule is Cn1c(N)nc2c1cc(N)n2C. The third kappa shape index (κ3) is 0.650. The van der Waals surface area contributed by atoms with Gasteiger partial charge in [-0.25, -0.2) is 0 Å². The van der Waals surface area contributed by atoms with E-state index >= 15 is 0 Å². The summed E-state index contributed by atoms with van der Waals surface area (Å²) >= 11 is 0. The summed E-state index contributed by atoms with van der Waals surface area (Å²) in [6.45, 7) is 0. The van der Waals surface area contributed by atoms with Crippen molar-refractivity contribution in [2.75, 3.05) is 11.5 Å². The zero-order valence-electron chi connectivity index (χ0n) is 7.07. The van der Waals surface area contributed by atoms with Crippen LogP contribution in [0.4, 0.5) is 11.8 Å². The van der Waals surface area contributed by atoms with Crippen LogP contribution in [0.3, 0.4) is 0 Å². The first-order valence-corrected chi connectivity index (χ1v) is 3.64. The number of nitrogens with two attached hydrogens (primary N) is 2. The first kappa shape index (κ1) is 7.02. The molecule has 0 aliphatic heterocycles. The van der Waals surface area contributed by atoms with Crippen molar-refractivity contribution in [3.05, 3.63) is 6.07 Å². The highest BCUT2D eigenvalue weighted by Crippen LogP contribution is 2.20. The zero-order chi connectivity index (χ0) is 8.88. The summed E-state index contributed by atoms with van der Waals surface area (Å²) in [6, 6.07) is 1.86. The average Bonchev–Trinajstić information content (AvgIpc) is 2.43. The quantitative estimate of drug-likeness (QED) is 0.580. The summed E-state index contributed by atoms with van der Waals surface area (Å²) in [5.74, 6) is 1.21. The summed E-state index contributed by atoms with van der Waals surface area (Å²) in [4.78, 5) is 4.16. The van der Waals surface area contributed by atoms with Crippen LogP contribution >= 0.6 is 0 Å². The molecule has 0 spiro atoms. The molecular weight excluding hydrogens is 154 g/mol. The van der Waals surface area contributed by atoms with Crippen LogP contribution in [0.5, 0.6) is 0 Å². The van der Waals surface area contributed by atoms with E-state index in [1.807, 2.05) is 29.3 Å². The number of anilines is 2. The van der Waals surface area contributed by atoms with Crippen LogP contribution in [0.15, 0.2) is 6.07 Å². The molecule has 0 aliphatic rings. The molecule has 0 aromatic carbocycles. The fraction of sp³-hybridized carbons (Fsp3) is 0.286. The normalized spacial score (nSPS) is 11.2. The minimum atomic E-state index is 0.510. The van der Waals surface area contributed by atoms with Gasteiger partial charge in [-0.2, -0.15) is 4.98 Å². The van der Waals surface area contributed by atoms with Crippen LogP contribution in [-0.4, -0.2) is 14.1 Å². The molecule has 12 heavy (non-hydrogen) atoms. The second-order valence-corrected chi connectivity index (χ2v) is 2.87. The Morgan fingerprint density at radius 1 is 1.25 bits per heavy atom. The van der Waals surface area contributed by atoms with Gasteiger partial charge in [-0.1, -0.05) is 0 Å². The minimum Gasteiger partial charge on any atom is -0.385 e. The van der Waals surface area contributed by atoms with Gasteiger partial charge in [-0.05, 0) is 0 Å². The number of rotatable bonds is 0. The maximum Gasteiger partial charge on any atom is 0.202 e. The van der Waals surface area contributed by atoms with E-state index in [-0.39, 0.29) is 0 Å². The zero-order valence-corrected chi connectivity index (χ0v) is 7.07. The molecule has 64 valence electrons. The number of aryl methyl sites for hydroxylation is 2. The highest BCUT2D eigenvalue weighted by atomic mass is 15.2. The van der Waals surface area contributed by atoms with Crippen LogP contribution in [0.1, 0.15) is 0 Å². The summed E-state index contributed by atoms with van der Waals surface area (Å²) in [6.07, 6.45) is 0. The van der Waals surface area contributed by atoms with E-state index in [0.29, 0.717) is 11.8 Å². The number of aromatic nitrogens is 3. The van der Waals surface area contributed by atoms with Gasteiger partial charge in [0.05, 0.1) is 5.52 Å². The second kappa shape index (κ2) is 1.94. The van der Waals surface area contributed by atoms with Gasteiger partial charge < -0.3 is 20.6 Å². The standard InChI is InChI=1S/C7H11N5/c1-11-4-3-5(8)12(2)6(4)10-7(11)9/h3H,8H2,1-2H3,(H2,9,10). The van der Waals surface area contributed by atoms with E-state index in [2.05, 4.69) is 4.98 Å². The summed E-state index contributed by atoms with van der Waals surface area (Å²) in [5, 5.41) is 0. The lowest BCUT2D eigenvalue weighted by Gasteiger charge is -1.94. The fourth-order valence-corrected chi connectivity index (χ4v) is 1.28. The molecule has 0 amide bonds. The average molecular weight is 165 g/mol. The van der Waals surface area contributed by atoms with Gasteiger partial charge in [0.2, 0.25) is 5.95 Å². The minimum absolute atomic E-state index is 0.510. The van der Waals surface area contributed by atoms with Crippen LogP contribution < -0.4 is 11.5 Å². The molecule has 2 aromatic heterocycles. The van der Waals surface area contributed by atoms with Gasteiger partial charge in [-0.15, -0.1) is 0 Å². The number of nitrogens with zero attached hydrogens (tertiary/aromatic N) is 3. The molecule has 0 radical (unpaired) electrons. The number of imidazole rings is 1. The van der Waals surface area contributed by atoms with Crippen molar-refractivity contribution in [2.45, 2.75) is 0 Å². The molecule has 0 bridgehead atoms. The molecule has 2 heterocycles. The lowest BCUT2D eigenvalue weighted by Crippen LogP contribution is -1.98. The van der Waals surface area contributed by atoms with Gasteiger partial charge in [0.25, 0.3) is 0 Å². The smallest absolute Gasteiger partial charge is 0.202 e. The molecule has 0 saturated heterocycles. The van der Waals surface area contributed by atoms with Crippen LogP contribution in [0.2, 0.25) is 0 Å². The Hall–Kier alpha value is -1.65. The van der Waals surface area contributed by atoms with Gasteiger partial charge in [0.15, 0.2) is 5.65 Å². The summed E-state index contributed by atoms with van der Waals surface area (Å²) < 4.78 is 3.62. The molecule has 4 N–H and O–H groups in total. The molecule has 5 heteroatoms. The van der Waals surface area contributed by atoms with Crippen molar-refractivity contribution in [1.82, 2.24) is 14.1 Å². The Bertz CT molecular complexity index is 394. The molecule has 2 aromatic rings. The lowest BCUT2D eigenvalue weighted by atomic mass is 10.5. The van der Waals surface area contributed by atoms with Gasteiger partial charge in [0, 0.05) is 20.2 Å². The Balaban J connectivity index is 2.93. The van der Waals surface area contributed by atoms with Crippen molar-refractivity contribution in [3.63, 3.8) is 0 Å². The topological polar surface area (TPSA) is 74.8 Å². The van der Waals surface area contributed by atoms with Gasteiger partial charge in [-0.3, -0.25) is 0 Å². The largest absolute Gasteiger partial charge is 0.385 e. The number of fused-ring (bicyclic) bond motifs is 1. The Morgan fingerprint density at radius 3 is 2.50 bits per heavy atom. The summed E-state index contributed by atoms with van der Waals surface area (Å²) in [5.41, 5.74) is 13.1. The Kier molecular flexibility index (Phi) is 1.13. The predicted molar refractivity (Wildman–Crippen MR) is 48.5 cm³/mol. The van der Waals surface area contributed by atoms with E-state index < -0.39 is 0 Å². The first-order chi connectivity index (χ1) is 5.61. The number of nitrogen functional groups attached to an aromatic ring is 2. The van der Waals surface area contributed by atoms with Gasteiger partial charge in [0.1, 0.15) is 5.82 Å². The highest BCUT2D eigenvalue weighted by Gasteiger charge is 2.09. The van der Waals surface area contributed by atoms with Crippen molar-refractivity contribution >= 4 is 22.9 Å². The van der Waals surface area contributed by atoms with Crippen LogP contribution in [0, 0.1) is 0 Å². The predicted octanol–water partition coefficient (Wildman–Crippen LogP) is 0.0762. The third-order valence-electron chi connectivity index (χ3n) is 2.14. The molecule has 0 unspecified atom stereocenters. The number of hydrogen-bond donors (Lipinski definition) is 2. The van der Waals surface area contributed by atoms with Crippen molar-refractivity contribution in [2.24, 2.45) is 14.1 Å². The van der Waals surface area contributed by atoms with E-state index in [9.17, 15) is 0 Å². The fourth-order valence-electron chi connectivity index (χ4n) is 1.28. The van der Waals surface area contributed by atoms with Gasteiger partial charge >= 0.3 is 0 Å². The van der Waals surface area contributed by atoms with Crippen molar-refractivity contribution in [1.29, 1.82) is 0 Å². The van der Waals surface area contributed by atoms with E-state index in [4.69, 9.17) is 11.5 Å². The monoisotopic (exact) mass is 165 g/mol. The van der Waals surface area contributed by atoms with Crippen LogP contribution in [0.25, 0.3) is 11.2 Å². The maximum absolute atomic E-state index is 5.68. The van der Waals surface area contributed by atoms with E-state index in [0.717, 1.165) is 11.2 Å². The lowest BCUT2D eigenvalue weighted by molar-refractivity contribution is 0.952. The first-order valence-electron chi connectivity index (χ1n) is 3.64. The third-order valence-corrected chi connectivity index (χ3v) is 2.14. The van der Waals surface area contributed by atoms with E-state index in [1.165, 1.54) is 0 Å². The molecule has 0 saturated carbocycles. The maximum atomic E-state index is 5.68. The molecule has 5 nitrogen and oxygen atoms in total. The molecule has 2 rings (SSSR count). The van der Waals surface area contributed by atoms with E-state index in [1.54, 1.807) is 0 Å². The Morgan fingerprint density at radius 2 is 1.92 bits per heavy atom. The van der Waals surface area contributed by atoms with Crippen LogP contribution in [-0.2, 0) is 14.1 Å². The molecule has 0 aliphatic carbocycles. The molecule has 0 atom stereocenters. The summed E-state index contributed by atoms with van der Waals surface area (Å²) in [7, 11) is 3.73.